The first kappa shape index (κ1) is 13.8. The fourth-order valence-electron chi connectivity index (χ4n) is 2.52. The Morgan fingerprint density at radius 3 is 2.76 bits per heavy atom. The molecule has 0 bridgehead atoms. The molecule has 1 atom stereocenters. The van der Waals surface area contributed by atoms with Crippen LogP contribution in [0.4, 0.5) is 0 Å². The van der Waals surface area contributed by atoms with Gasteiger partial charge < -0.3 is 9.88 Å². The van der Waals surface area contributed by atoms with Crippen LogP contribution in [0.3, 0.4) is 0 Å². The zero-order chi connectivity index (χ0) is 14.7. The minimum absolute atomic E-state index is 0.275. The lowest BCUT2D eigenvalue weighted by molar-refractivity contribution is 0.540. The highest BCUT2D eigenvalue weighted by Gasteiger charge is 2.08. The average Bonchev–Trinajstić information content (AvgIpc) is 2.99. The Kier molecular flexibility index (Phi) is 3.97. The van der Waals surface area contributed by atoms with Crippen molar-refractivity contribution in [3.8, 4) is 0 Å². The maximum Gasteiger partial charge on any atom is 0.146 e. The summed E-state index contributed by atoms with van der Waals surface area (Å²) < 4.78 is 2.06. The van der Waals surface area contributed by atoms with E-state index in [1.54, 1.807) is 6.33 Å². The highest BCUT2D eigenvalue weighted by Crippen LogP contribution is 2.20. The van der Waals surface area contributed by atoms with Gasteiger partial charge in [0.05, 0.1) is 6.54 Å². The minimum atomic E-state index is 0.275. The van der Waals surface area contributed by atoms with Gasteiger partial charge in [0.25, 0.3) is 0 Å². The third-order valence-corrected chi connectivity index (χ3v) is 3.88. The van der Waals surface area contributed by atoms with E-state index in [4.69, 9.17) is 0 Å². The van der Waals surface area contributed by atoms with Gasteiger partial charge in [0.15, 0.2) is 0 Å². The number of hydrogen-bond donors (Lipinski definition) is 1. The third-order valence-electron chi connectivity index (χ3n) is 3.88. The normalized spacial score (nSPS) is 12.7. The highest BCUT2D eigenvalue weighted by atomic mass is 15.3. The molecule has 4 heteroatoms. The van der Waals surface area contributed by atoms with E-state index in [1.165, 1.54) is 16.3 Å². The number of nitrogens with zero attached hydrogens (tertiary/aromatic N) is 3. The Morgan fingerprint density at radius 1 is 1.14 bits per heavy atom. The molecular formula is C17H20N4. The second-order valence-electron chi connectivity index (χ2n) is 5.24. The number of nitrogens with one attached hydrogen (secondary N) is 1. The van der Waals surface area contributed by atoms with E-state index in [0.29, 0.717) is 0 Å². The molecule has 2 aromatic carbocycles. The predicted molar refractivity (Wildman–Crippen MR) is 84.9 cm³/mol. The van der Waals surface area contributed by atoms with Crippen LogP contribution in [0.25, 0.3) is 10.8 Å². The summed E-state index contributed by atoms with van der Waals surface area (Å²) in [5.41, 5.74) is 1.29. The fourth-order valence-corrected chi connectivity index (χ4v) is 2.52. The number of rotatable bonds is 5. The molecule has 0 aliphatic heterocycles. The zero-order valence-corrected chi connectivity index (χ0v) is 12.5. The summed E-state index contributed by atoms with van der Waals surface area (Å²) in [6.07, 6.45) is 1.78. The SMILES string of the molecule is CCn1cnnc1CNC(C)c1ccc2ccccc2c1. The average molecular weight is 280 g/mol. The van der Waals surface area contributed by atoms with Crippen molar-refractivity contribution in [3.63, 3.8) is 0 Å². The molecule has 4 nitrogen and oxygen atoms in total. The number of aromatic nitrogens is 3. The first-order valence-electron chi connectivity index (χ1n) is 7.36. The van der Waals surface area contributed by atoms with Gasteiger partial charge >= 0.3 is 0 Å². The van der Waals surface area contributed by atoms with Crippen molar-refractivity contribution in [2.45, 2.75) is 33.0 Å². The van der Waals surface area contributed by atoms with Gasteiger partial charge in [0.1, 0.15) is 12.2 Å². The van der Waals surface area contributed by atoms with Gasteiger partial charge in [-0.05, 0) is 36.2 Å². The van der Waals surface area contributed by atoms with Crippen LogP contribution in [0, 0.1) is 0 Å². The Hall–Kier alpha value is -2.20. The number of benzene rings is 2. The third kappa shape index (κ3) is 2.95. The van der Waals surface area contributed by atoms with Crippen LogP contribution in [0.1, 0.15) is 31.3 Å². The van der Waals surface area contributed by atoms with E-state index in [9.17, 15) is 0 Å². The van der Waals surface area contributed by atoms with Gasteiger partial charge in [-0.3, -0.25) is 0 Å². The van der Waals surface area contributed by atoms with E-state index in [1.807, 2.05) is 0 Å². The lowest BCUT2D eigenvalue weighted by Gasteiger charge is -2.15. The van der Waals surface area contributed by atoms with Gasteiger partial charge in [-0.2, -0.15) is 0 Å². The summed E-state index contributed by atoms with van der Waals surface area (Å²) >= 11 is 0. The number of aryl methyl sites for hydroxylation is 1. The first-order valence-corrected chi connectivity index (χ1v) is 7.36. The molecule has 21 heavy (non-hydrogen) atoms. The van der Waals surface area contributed by atoms with Gasteiger partial charge in [-0.25, -0.2) is 0 Å². The topological polar surface area (TPSA) is 42.7 Å². The predicted octanol–water partition coefficient (Wildman–Crippen LogP) is 3.30. The largest absolute Gasteiger partial charge is 0.317 e. The molecular weight excluding hydrogens is 260 g/mol. The van der Waals surface area contributed by atoms with E-state index < -0.39 is 0 Å². The van der Waals surface area contributed by atoms with Crippen LogP contribution in [-0.2, 0) is 13.1 Å². The molecule has 0 radical (unpaired) electrons. The van der Waals surface area contributed by atoms with E-state index in [-0.39, 0.29) is 6.04 Å². The van der Waals surface area contributed by atoms with Crippen molar-refractivity contribution in [1.29, 1.82) is 0 Å². The van der Waals surface area contributed by atoms with Crippen molar-refractivity contribution < 1.29 is 0 Å². The maximum absolute atomic E-state index is 4.15. The smallest absolute Gasteiger partial charge is 0.146 e. The van der Waals surface area contributed by atoms with Gasteiger partial charge in [0, 0.05) is 12.6 Å². The molecule has 0 fully saturated rings. The molecule has 0 amide bonds. The Balaban J connectivity index is 1.73. The van der Waals surface area contributed by atoms with Crippen molar-refractivity contribution >= 4 is 10.8 Å². The molecule has 3 rings (SSSR count). The second-order valence-corrected chi connectivity index (χ2v) is 5.24. The summed E-state index contributed by atoms with van der Waals surface area (Å²) in [7, 11) is 0. The van der Waals surface area contributed by atoms with Crippen molar-refractivity contribution in [1.82, 2.24) is 20.1 Å². The molecule has 0 saturated heterocycles. The molecule has 0 aliphatic rings. The molecule has 0 saturated carbocycles. The van der Waals surface area contributed by atoms with Crippen LogP contribution in [-0.4, -0.2) is 14.8 Å². The Labute approximate surface area is 124 Å². The molecule has 0 spiro atoms. The summed E-state index contributed by atoms with van der Waals surface area (Å²) in [4.78, 5) is 0. The zero-order valence-electron chi connectivity index (χ0n) is 12.5. The molecule has 1 N–H and O–H groups in total. The van der Waals surface area contributed by atoms with E-state index >= 15 is 0 Å². The number of fused-ring (bicyclic) bond motifs is 1. The summed E-state index contributed by atoms with van der Waals surface area (Å²) in [5, 5.41) is 14.2. The first-order chi connectivity index (χ1) is 10.3. The van der Waals surface area contributed by atoms with Crippen molar-refractivity contribution in [2.24, 2.45) is 0 Å². The molecule has 1 heterocycles. The van der Waals surface area contributed by atoms with Crippen LogP contribution in [0.15, 0.2) is 48.8 Å². The van der Waals surface area contributed by atoms with Crippen LogP contribution in [0.2, 0.25) is 0 Å². The quantitative estimate of drug-likeness (QED) is 0.779. The Bertz CT molecular complexity index is 732. The van der Waals surface area contributed by atoms with E-state index in [0.717, 1.165) is 18.9 Å². The molecule has 3 aromatic rings. The van der Waals surface area contributed by atoms with Gasteiger partial charge in [0.2, 0.25) is 0 Å². The molecule has 108 valence electrons. The maximum atomic E-state index is 4.15. The Morgan fingerprint density at radius 2 is 1.95 bits per heavy atom. The van der Waals surface area contributed by atoms with Crippen LogP contribution in [0.5, 0.6) is 0 Å². The lowest BCUT2D eigenvalue weighted by atomic mass is 10.0. The molecule has 0 aliphatic carbocycles. The van der Waals surface area contributed by atoms with E-state index in [2.05, 4.69) is 76.4 Å². The van der Waals surface area contributed by atoms with Crippen LogP contribution < -0.4 is 5.32 Å². The second kappa shape index (κ2) is 6.06. The van der Waals surface area contributed by atoms with Gasteiger partial charge in [-0.1, -0.05) is 36.4 Å². The summed E-state index contributed by atoms with van der Waals surface area (Å²) in [5.74, 6) is 0.977. The summed E-state index contributed by atoms with van der Waals surface area (Å²) in [6.45, 7) is 5.90. The monoisotopic (exact) mass is 280 g/mol. The number of hydrogen-bond acceptors (Lipinski definition) is 3. The molecule has 1 aromatic heterocycles. The standard InChI is InChI=1S/C17H20N4/c1-3-21-12-19-20-17(21)11-18-13(2)15-9-8-14-6-4-5-7-16(14)10-15/h4-10,12-13,18H,3,11H2,1-2H3. The minimum Gasteiger partial charge on any atom is -0.317 e. The summed E-state index contributed by atoms with van der Waals surface area (Å²) in [6, 6.07) is 15.3. The van der Waals surface area contributed by atoms with Crippen molar-refractivity contribution in [3.05, 3.63) is 60.2 Å². The lowest BCUT2D eigenvalue weighted by Crippen LogP contribution is -2.20. The fraction of sp³-hybridized carbons (Fsp3) is 0.294. The van der Waals surface area contributed by atoms with Crippen LogP contribution >= 0.6 is 0 Å². The van der Waals surface area contributed by atoms with Gasteiger partial charge in [-0.15, -0.1) is 10.2 Å². The molecule has 1 unspecified atom stereocenters. The highest BCUT2D eigenvalue weighted by molar-refractivity contribution is 5.83. The van der Waals surface area contributed by atoms with Crippen molar-refractivity contribution in [2.75, 3.05) is 0 Å².